The number of methoxy groups -OCH3 is 1. The predicted molar refractivity (Wildman–Crippen MR) is 134 cm³/mol. The zero-order valence-corrected chi connectivity index (χ0v) is 21.0. The van der Waals surface area contributed by atoms with Gasteiger partial charge >= 0.3 is 0 Å². The minimum absolute atomic E-state index is 0.0259. The normalized spacial score (nSPS) is 19.9. The summed E-state index contributed by atoms with van der Waals surface area (Å²) in [6, 6.07) is 15.2. The Hall–Kier alpha value is -2.92. The number of anilines is 1. The summed E-state index contributed by atoms with van der Waals surface area (Å²) in [6.45, 7) is -0.326. The molecule has 9 nitrogen and oxygen atoms in total. The smallest absolute Gasteiger partial charge is 0.290 e. The van der Waals surface area contributed by atoms with Crippen molar-refractivity contribution < 1.29 is 32.5 Å². The van der Waals surface area contributed by atoms with Crippen LogP contribution in [0, 0.1) is 11.8 Å². The fraction of sp³-hybridized carbons (Fsp3) is 0.423. The fourth-order valence-corrected chi connectivity index (χ4v) is 5.57. The highest BCUT2D eigenvalue weighted by Gasteiger charge is 2.37. The second kappa shape index (κ2) is 11.9. The van der Waals surface area contributed by atoms with E-state index in [2.05, 4.69) is 5.32 Å². The van der Waals surface area contributed by atoms with E-state index < -0.39 is 16.3 Å². The highest BCUT2D eigenvalue weighted by Crippen LogP contribution is 2.42. The molecule has 4 rings (SSSR count). The molecule has 1 saturated carbocycles. The first-order chi connectivity index (χ1) is 17.4. The number of aliphatic hydroxyl groups is 1. The predicted octanol–water partition coefficient (Wildman–Crippen LogP) is 2.99. The minimum Gasteiger partial charge on any atom is -0.497 e. The molecule has 2 aromatic rings. The van der Waals surface area contributed by atoms with E-state index in [1.54, 1.807) is 24.3 Å². The van der Waals surface area contributed by atoms with Gasteiger partial charge in [0.05, 0.1) is 25.2 Å². The molecule has 2 aliphatic rings. The van der Waals surface area contributed by atoms with Gasteiger partial charge in [0.15, 0.2) is 5.76 Å². The topological polar surface area (TPSA) is 114 Å². The molecule has 2 atom stereocenters. The molecule has 0 unspecified atom stereocenters. The van der Waals surface area contributed by atoms with Gasteiger partial charge in [0.2, 0.25) is 16.3 Å². The number of carbonyl (C=O) groups excluding carboxylic acids is 1. The van der Waals surface area contributed by atoms with Crippen LogP contribution in [0.1, 0.15) is 19.3 Å². The zero-order valence-electron chi connectivity index (χ0n) is 20.2. The molecule has 10 heteroatoms. The van der Waals surface area contributed by atoms with E-state index in [1.807, 2.05) is 24.3 Å². The maximum atomic E-state index is 13.1. The van der Waals surface area contributed by atoms with Crippen LogP contribution in [0.2, 0.25) is 0 Å². The third kappa shape index (κ3) is 6.64. The quantitative estimate of drug-likeness (QED) is 0.446. The maximum absolute atomic E-state index is 13.1. The van der Waals surface area contributed by atoms with E-state index in [0.29, 0.717) is 23.8 Å². The molecule has 194 valence electrons. The van der Waals surface area contributed by atoms with Gasteiger partial charge in [-0.1, -0.05) is 18.2 Å². The van der Waals surface area contributed by atoms with Crippen molar-refractivity contribution in [3.05, 3.63) is 66.4 Å². The fourth-order valence-electron chi connectivity index (χ4n) is 4.16. The lowest BCUT2D eigenvalue weighted by atomic mass is 9.96. The summed E-state index contributed by atoms with van der Waals surface area (Å²) in [5.74, 6) is 1.08. The van der Waals surface area contributed by atoms with Crippen molar-refractivity contribution in [3.8, 4) is 5.75 Å². The molecule has 1 aliphatic carbocycles. The second-order valence-corrected chi connectivity index (χ2v) is 10.7. The Labute approximate surface area is 211 Å². The van der Waals surface area contributed by atoms with Gasteiger partial charge in [0.25, 0.3) is 5.91 Å². The number of hydrogen-bond donors (Lipinski definition) is 2. The maximum Gasteiger partial charge on any atom is 0.290 e. The minimum atomic E-state index is -3.84. The molecule has 0 radical (unpaired) electrons. The number of hydrogen-bond acceptors (Lipinski definition) is 7. The zero-order chi connectivity index (χ0) is 25.5. The average molecular weight is 517 g/mol. The number of nitrogens with zero attached hydrogens (tertiary/aromatic N) is 1. The van der Waals surface area contributed by atoms with Gasteiger partial charge < -0.3 is 24.6 Å². The van der Waals surface area contributed by atoms with Crippen LogP contribution in [-0.2, 0) is 24.3 Å². The third-order valence-electron chi connectivity index (χ3n) is 6.26. The van der Waals surface area contributed by atoms with E-state index in [9.17, 15) is 18.3 Å². The average Bonchev–Trinajstić information content (AvgIpc) is 3.74. The lowest BCUT2D eigenvalue weighted by molar-refractivity contribution is -0.147. The third-order valence-corrected chi connectivity index (χ3v) is 8.18. The Morgan fingerprint density at radius 3 is 2.47 bits per heavy atom. The van der Waals surface area contributed by atoms with E-state index >= 15 is 0 Å². The number of rotatable bonds is 12. The number of nitrogens with one attached hydrogen (secondary N) is 1. The number of sulfonamides is 1. The Morgan fingerprint density at radius 1 is 1.11 bits per heavy atom. The van der Waals surface area contributed by atoms with Gasteiger partial charge in [-0.3, -0.25) is 4.79 Å². The van der Waals surface area contributed by atoms with E-state index in [-0.39, 0.29) is 48.8 Å². The van der Waals surface area contributed by atoms with Gasteiger partial charge in [-0.05, 0) is 67.2 Å². The molecule has 1 fully saturated rings. The second-order valence-electron chi connectivity index (χ2n) is 8.81. The summed E-state index contributed by atoms with van der Waals surface area (Å²) in [5.41, 5.74) is 0.668. The van der Waals surface area contributed by atoms with Crippen LogP contribution in [0.15, 0.2) is 71.3 Å². The first-order valence-corrected chi connectivity index (χ1v) is 13.5. The van der Waals surface area contributed by atoms with Crippen molar-refractivity contribution in [1.29, 1.82) is 0 Å². The Kier molecular flexibility index (Phi) is 8.63. The van der Waals surface area contributed by atoms with Gasteiger partial charge in [-0.2, -0.15) is 4.31 Å². The molecule has 2 N–H and O–H groups in total. The summed E-state index contributed by atoms with van der Waals surface area (Å²) in [7, 11) is -2.34. The molecular weight excluding hydrogens is 484 g/mol. The number of allylic oxidation sites excluding steroid dienone is 1. The summed E-state index contributed by atoms with van der Waals surface area (Å²) in [5, 5.41) is 12.3. The molecule has 1 aliphatic heterocycles. The van der Waals surface area contributed by atoms with Crippen LogP contribution in [0.3, 0.4) is 0 Å². The monoisotopic (exact) mass is 516 g/mol. The van der Waals surface area contributed by atoms with E-state index in [1.165, 1.54) is 23.5 Å². The Bertz CT molecular complexity index is 1150. The van der Waals surface area contributed by atoms with Crippen LogP contribution >= 0.6 is 0 Å². The van der Waals surface area contributed by atoms with Crippen LogP contribution in [-0.4, -0.2) is 63.4 Å². The molecule has 0 spiro atoms. The van der Waals surface area contributed by atoms with Crippen molar-refractivity contribution in [2.75, 3.05) is 38.7 Å². The number of benzene rings is 2. The van der Waals surface area contributed by atoms with Crippen LogP contribution in [0.25, 0.3) is 0 Å². The van der Waals surface area contributed by atoms with Gasteiger partial charge in [0.1, 0.15) is 5.75 Å². The summed E-state index contributed by atoms with van der Waals surface area (Å²) >= 11 is 0. The number of ether oxygens (including phenoxy) is 3. The standard InChI is InChI=1S/C26H32N2O7S/c1-33-22-9-11-23(12-10-22)36(31,32)28(13-15-29)14-16-34-25-18-20(19-7-8-19)17-24(35-25)26(30)27-21-5-3-2-4-6-21/h2-6,9-12,17,19-20,25,29H,7-8,13-16,18H2,1H3,(H,27,30)/t20-,25+/m1/s1. The van der Waals surface area contributed by atoms with Crippen molar-refractivity contribution in [2.24, 2.45) is 11.8 Å². The van der Waals surface area contributed by atoms with Crippen molar-refractivity contribution >= 4 is 21.6 Å². The first-order valence-electron chi connectivity index (χ1n) is 12.0. The summed E-state index contributed by atoms with van der Waals surface area (Å²) in [6.07, 6.45) is 4.01. The number of aliphatic hydroxyl groups excluding tert-OH is 1. The van der Waals surface area contributed by atoms with Crippen LogP contribution < -0.4 is 10.1 Å². The molecule has 0 bridgehead atoms. The van der Waals surface area contributed by atoms with Gasteiger partial charge in [-0.25, -0.2) is 8.42 Å². The lowest BCUT2D eigenvalue weighted by Gasteiger charge is -2.30. The number of amides is 1. The largest absolute Gasteiger partial charge is 0.497 e. The van der Waals surface area contributed by atoms with Crippen LogP contribution in [0.4, 0.5) is 5.69 Å². The molecule has 0 saturated heterocycles. The van der Waals surface area contributed by atoms with E-state index in [0.717, 1.165) is 12.8 Å². The molecule has 0 aromatic heterocycles. The highest BCUT2D eigenvalue weighted by atomic mass is 32.2. The van der Waals surface area contributed by atoms with E-state index in [4.69, 9.17) is 14.2 Å². The number of carbonyl (C=O) groups is 1. The SMILES string of the molecule is COc1ccc(S(=O)(=O)N(CCO)CCO[C@@H]2C[C@H](C3CC3)C=C(C(=O)Nc3ccccc3)O2)cc1. The highest BCUT2D eigenvalue weighted by molar-refractivity contribution is 7.89. The Balaban J connectivity index is 1.38. The molecule has 2 aromatic carbocycles. The van der Waals surface area contributed by atoms with Crippen LogP contribution in [0.5, 0.6) is 5.75 Å². The lowest BCUT2D eigenvalue weighted by Crippen LogP contribution is -2.38. The Morgan fingerprint density at radius 2 is 1.83 bits per heavy atom. The molecule has 36 heavy (non-hydrogen) atoms. The van der Waals surface area contributed by atoms with Gasteiger partial charge in [-0.15, -0.1) is 0 Å². The molecule has 1 amide bonds. The molecular formula is C26H32N2O7S. The number of para-hydroxylation sites is 1. The van der Waals surface area contributed by atoms with Gasteiger partial charge in [0, 0.05) is 25.2 Å². The first kappa shape index (κ1) is 26.2. The van der Waals surface area contributed by atoms with Crippen molar-refractivity contribution in [3.63, 3.8) is 0 Å². The molecule has 1 heterocycles. The summed E-state index contributed by atoms with van der Waals surface area (Å²) in [4.78, 5) is 12.9. The van der Waals surface area contributed by atoms with Crippen molar-refractivity contribution in [1.82, 2.24) is 4.31 Å². The van der Waals surface area contributed by atoms with Crippen molar-refractivity contribution in [2.45, 2.75) is 30.4 Å². The summed E-state index contributed by atoms with van der Waals surface area (Å²) < 4.78 is 44.2.